The molecule has 0 saturated heterocycles. The minimum Gasteiger partial charge on any atom is -0.481 e. The molecule has 0 aliphatic heterocycles. The van der Waals surface area contributed by atoms with Gasteiger partial charge in [-0.15, -0.1) is 0 Å². The molecule has 1 aromatic rings. The summed E-state index contributed by atoms with van der Waals surface area (Å²) in [6.45, 7) is 13.8. The van der Waals surface area contributed by atoms with Crippen molar-refractivity contribution in [1.29, 1.82) is 0 Å². The van der Waals surface area contributed by atoms with E-state index in [-0.39, 0.29) is 68.6 Å². The first-order valence-corrected chi connectivity index (χ1v) is 35.1. The quantitative estimate of drug-likeness (QED) is 0.0164. The first-order valence-electron chi connectivity index (χ1n) is 35.1. The molecule has 0 spiro atoms. The van der Waals surface area contributed by atoms with Crippen LogP contribution < -0.4 is 98.2 Å². The van der Waals surface area contributed by atoms with Gasteiger partial charge in [0.15, 0.2) is 5.96 Å². The second kappa shape index (κ2) is 48.8. The van der Waals surface area contributed by atoms with E-state index in [9.17, 15) is 97.1 Å². The number of rotatable bonds is 53. The van der Waals surface area contributed by atoms with E-state index in [1.54, 1.807) is 27.7 Å². The molecular formula is C65H113N21O20. The molecule has 0 aliphatic rings. The first-order chi connectivity index (χ1) is 49.6. The lowest BCUT2D eigenvalue weighted by Crippen LogP contribution is -2.62. The molecule has 106 heavy (non-hydrogen) atoms. The van der Waals surface area contributed by atoms with Crippen molar-refractivity contribution in [2.45, 2.75) is 250 Å². The van der Waals surface area contributed by atoms with Gasteiger partial charge in [-0.3, -0.25) is 76.9 Å². The second-order valence-corrected chi connectivity index (χ2v) is 26.9. The molecule has 14 atom stereocenters. The fraction of sp³-hybridized carbons (Fsp3) is 0.692. The zero-order valence-corrected chi connectivity index (χ0v) is 61.6. The van der Waals surface area contributed by atoms with E-state index in [0.717, 1.165) is 6.92 Å². The monoisotopic (exact) mass is 1510 g/mol. The van der Waals surface area contributed by atoms with Gasteiger partial charge in [0, 0.05) is 37.7 Å². The Morgan fingerprint density at radius 1 is 0.443 bits per heavy atom. The van der Waals surface area contributed by atoms with Crippen LogP contribution in [0, 0.1) is 17.8 Å². The van der Waals surface area contributed by atoms with Crippen LogP contribution in [0.2, 0.25) is 0 Å². The average Bonchev–Trinajstić information content (AvgIpc) is 1.11. The third kappa shape index (κ3) is 37.0. The summed E-state index contributed by atoms with van der Waals surface area (Å²) in [5.74, 6) is -19.6. The van der Waals surface area contributed by atoms with Crippen molar-refractivity contribution < 1.29 is 97.1 Å². The number of carboxylic acids is 3. The van der Waals surface area contributed by atoms with Crippen LogP contribution in [-0.4, -0.2) is 235 Å². The summed E-state index contributed by atoms with van der Waals surface area (Å²) >= 11 is 0. The van der Waals surface area contributed by atoms with Gasteiger partial charge in [-0.2, -0.15) is 0 Å². The highest BCUT2D eigenvalue weighted by molar-refractivity contribution is 6.00. The number of guanidine groups is 1. The zero-order chi connectivity index (χ0) is 80.7. The number of nitrogens with one attached hydrogen (secondary N) is 13. The molecule has 0 unspecified atom stereocenters. The Balaban J connectivity index is 3.69. The standard InChI is InChI=1S/C65H113N21O20/c1-31(2)25-43(81-52(93)34(7)75-55(96)39(16-11-13-23-67)77-54(95)38(68)15-10-12-22-66)60(101)82-44(27-37-29-72-30-74-37)61(102)78-40(17-14-24-73-65(70)71)56(97)79-41(18-20-47(69)88)57(98)80-42(19-21-48(89)90)58(99)86-51(36(9)87)63(104)85-50(33(5)6)62(103)83-45(28-49(91)92)59(100)76-35(8)53(94)84-46(64(105)106)26-32(3)4/h29-36,38-46,50-51,87H,10-28,66-68H2,1-9H3,(H2,69,88)(H,72,74)(H,75,96)(H,76,100)(H,77,95)(H,78,102)(H,79,97)(H,80,98)(H,81,93)(H,82,101)(H,83,103)(H,84,94)(H,85,104)(H,86,99)(H,89,90)(H,91,92)(H,105,106)(H4,70,71,73)/t34-,35-,36+,38-,39-,40-,41-,42-,43-,44-,45-,46-,50-,51-/m0/s1. The number of H-pyrrole nitrogens is 1. The van der Waals surface area contributed by atoms with E-state index in [2.05, 4.69) is 78.8 Å². The van der Waals surface area contributed by atoms with Gasteiger partial charge in [0.05, 0.1) is 24.9 Å². The maximum Gasteiger partial charge on any atom is 0.326 e. The summed E-state index contributed by atoms with van der Waals surface area (Å²) in [7, 11) is 0. The minimum absolute atomic E-state index is 0.0214. The van der Waals surface area contributed by atoms with Crippen LogP contribution in [0.25, 0.3) is 0 Å². The molecule has 0 fully saturated rings. The Kier molecular flexibility index (Phi) is 43.2. The summed E-state index contributed by atoms with van der Waals surface area (Å²) in [5, 5.41) is 68.8. The maximum atomic E-state index is 14.7. The van der Waals surface area contributed by atoms with Crippen molar-refractivity contribution in [2.24, 2.45) is 57.1 Å². The zero-order valence-electron chi connectivity index (χ0n) is 61.6. The number of carboxylic acid groups (broad SMARTS) is 3. The number of nitrogens with two attached hydrogens (primary N) is 6. The molecule has 29 N–H and O–H groups in total. The Morgan fingerprint density at radius 2 is 0.849 bits per heavy atom. The molecule has 13 amide bonds. The van der Waals surface area contributed by atoms with Crippen molar-refractivity contribution in [3.63, 3.8) is 0 Å². The Bertz CT molecular complexity index is 3130. The number of aromatic nitrogens is 2. The highest BCUT2D eigenvalue weighted by Gasteiger charge is 2.39. The van der Waals surface area contributed by atoms with Crippen LogP contribution in [0.4, 0.5) is 0 Å². The molecule has 41 heteroatoms. The molecule has 0 aliphatic carbocycles. The topological polar surface area (TPSA) is 696 Å². The summed E-state index contributed by atoms with van der Waals surface area (Å²) in [6.07, 6.45) is -1.22. The minimum atomic E-state index is -2.03. The normalized spacial score (nSPS) is 15.2. The van der Waals surface area contributed by atoms with Crippen LogP contribution in [0.1, 0.15) is 164 Å². The fourth-order valence-electron chi connectivity index (χ4n) is 10.3. The van der Waals surface area contributed by atoms with Gasteiger partial charge < -0.3 is 124 Å². The highest BCUT2D eigenvalue weighted by Crippen LogP contribution is 2.14. The third-order valence-electron chi connectivity index (χ3n) is 16.2. The lowest BCUT2D eigenvalue weighted by Gasteiger charge is -2.29. The number of nitrogens with zero attached hydrogens (tertiary/aromatic N) is 2. The Hall–Kier alpha value is -10.2. The number of unbranched alkanes of at least 4 members (excludes halogenated alkanes) is 2. The van der Waals surface area contributed by atoms with Crippen molar-refractivity contribution in [1.82, 2.24) is 73.8 Å². The number of imidazole rings is 1. The van der Waals surface area contributed by atoms with Crippen molar-refractivity contribution in [3.05, 3.63) is 18.2 Å². The van der Waals surface area contributed by atoms with E-state index in [1.807, 2.05) is 0 Å². The molecule has 0 radical (unpaired) electrons. The molecule has 0 aromatic carbocycles. The molecule has 41 nitrogen and oxygen atoms in total. The smallest absolute Gasteiger partial charge is 0.326 e. The fourth-order valence-corrected chi connectivity index (χ4v) is 10.3. The number of aromatic amines is 1. The van der Waals surface area contributed by atoms with Gasteiger partial charge in [-0.25, -0.2) is 9.78 Å². The van der Waals surface area contributed by atoms with Crippen molar-refractivity contribution in [3.8, 4) is 0 Å². The van der Waals surface area contributed by atoms with Gasteiger partial charge in [0.1, 0.15) is 72.5 Å². The number of amides is 13. The number of aliphatic hydroxyl groups is 1. The summed E-state index contributed by atoms with van der Waals surface area (Å²) in [6, 6.07) is -20.2. The number of primary amides is 1. The van der Waals surface area contributed by atoms with Crippen LogP contribution in [-0.2, 0) is 83.1 Å². The van der Waals surface area contributed by atoms with E-state index < -0.39 is 217 Å². The molecule has 1 aromatic heterocycles. The SMILES string of the molecule is CC(C)C[C@H](NC(=O)[C@H](C)NC(=O)[C@H](CC(=O)O)NC(=O)[C@@H](NC(=O)[C@@H](NC(=O)[C@H](CCC(=O)O)NC(=O)[C@H](CCC(N)=O)NC(=O)[C@H](CCCN=C(N)N)NC(=O)[C@H](Cc1cnc[nH]1)NC(=O)[C@H](CC(C)C)NC(=O)[C@H](C)NC(=O)[C@H](CCCCN)NC(=O)[C@@H](N)CCCCN)[C@@H](C)O)C(C)C)C(=O)O. The average molecular weight is 1510 g/mol. The Morgan fingerprint density at radius 3 is 1.31 bits per heavy atom. The highest BCUT2D eigenvalue weighted by atomic mass is 16.4. The van der Waals surface area contributed by atoms with E-state index in [1.165, 1.54) is 40.2 Å². The van der Waals surface area contributed by atoms with Crippen molar-refractivity contribution in [2.75, 3.05) is 19.6 Å². The van der Waals surface area contributed by atoms with Crippen LogP contribution in [0.15, 0.2) is 17.5 Å². The largest absolute Gasteiger partial charge is 0.481 e. The molecule has 0 saturated carbocycles. The molecule has 598 valence electrons. The summed E-state index contributed by atoms with van der Waals surface area (Å²) in [4.78, 5) is 226. The van der Waals surface area contributed by atoms with E-state index in [0.29, 0.717) is 45.2 Å². The number of carbonyl (C=O) groups excluding carboxylic acids is 13. The number of aliphatic imine (C=N–C) groups is 1. The van der Waals surface area contributed by atoms with E-state index in [4.69, 9.17) is 34.4 Å². The molecule has 1 rings (SSSR count). The lowest BCUT2D eigenvalue weighted by atomic mass is 10.0. The van der Waals surface area contributed by atoms with E-state index >= 15 is 0 Å². The maximum absolute atomic E-state index is 14.7. The molecule has 0 bridgehead atoms. The van der Waals surface area contributed by atoms with Crippen LogP contribution in [0.5, 0.6) is 0 Å². The number of aliphatic hydroxyl groups excluding tert-OH is 1. The lowest BCUT2D eigenvalue weighted by molar-refractivity contribution is -0.143. The number of hydrogen-bond acceptors (Lipinski definition) is 22. The third-order valence-corrected chi connectivity index (χ3v) is 16.2. The van der Waals surface area contributed by atoms with Gasteiger partial charge in [-0.05, 0) is 122 Å². The van der Waals surface area contributed by atoms with Crippen LogP contribution >= 0.6 is 0 Å². The molecule has 1 heterocycles. The van der Waals surface area contributed by atoms with Crippen molar-refractivity contribution >= 4 is 101 Å². The predicted molar refractivity (Wildman–Crippen MR) is 381 cm³/mol. The Labute approximate surface area is 614 Å². The number of aliphatic carboxylic acids is 3. The van der Waals surface area contributed by atoms with Crippen LogP contribution in [0.3, 0.4) is 0 Å². The summed E-state index contributed by atoms with van der Waals surface area (Å²) in [5.41, 5.74) is 34.2. The second-order valence-electron chi connectivity index (χ2n) is 26.9. The number of hydrogen-bond donors (Lipinski definition) is 23. The predicted octanol–water partition coefficient (Wildman–Crippen LogP) is -6.73. The van der Waals surface area contributed by atoms with Gasteiger partial charge in [0.2, 0.25) is 76.8 Å². The van der Waals surface area contributed by atoms with Gasteiger partial charge in [0.25, 0.3) is 0 Å². The first kappa shape index (κ1) is 93.9. The van der Waals surface area contributed by atoms with Gasteiger partial charge in [-0.1, -0.05) is 48.0 Å². The molecular weight excluding hydrogens is 1390 g/mol. The summed E-state index contributed by atoms with van der Waals surface area (Å²) < 4.78 is 0. The number of carbonyl (C=O) groups is 16. The van der Waals surface area contributed by atoms with Gasteiger partial charge >= 0.3 is 17.9 Å².